The van der Waals surface area contributed by atoms with Crippen molar-refractivity contribution >= 4 is 40.7 Å². The standard InChI is InChI=1S/C24H35N3O3S.HI/c1-5-25-24(26-15-16-31(28)18-20-11-9-8-10-12-20)27-19(4)21-13-14-22(29-6-2)23(17-21)30-7-3;/h8-14,17,19H,5-7,15-16,18H2,1-4H3,(H2,25,26,27);1H. The van der Waals surface area contributed by atoms with Gasteiger partial charge in [-0.2, -0.15) is 0 Å². The molecule has 0 saturated heterocycles. The first-order valence-electron chi connectivity index (χ1n) is 10.9. The molecule has 0 saturated carbocycles. The van der Waals surface area contributed by atoms with Gasteiger partial charge >= 0.3 is 0 Å². The van der Waals surface area contributed by atoms with Crippen molar-refractivity contribution in [2.24, 2.45) is 4.99 Å². The highest BCUT2D eigenvalue weighted by Gasteiger charge is 2.12. The highest BCUT2D eigenvalue weighted by molar-refractivity contribution is 14.0. The third kappa shape index (κ3) is 9.77. The number of ether oxygens (including phenoxy) is 2. The maximum atomic E-state index is 12.4. The third-order valence-corrected chi connectivity index (χ3v) is 5.82. The molecule has 6 nitrogen and oxygen atoms in total. The Morgan fingerprint density at radius 1 is 1.03 bits per heavy atom. The van der Waals surface area contributed by atoms with E-state index in [4.69, 9.17) is 9.47 Å². The Balaban J connectivity index is 0.00000512. The zero-order valence-corrected chi connectivity index (χ0v) is 22.6. The summed E-state index contributed by atoms with van der Waals surface area (Å²) < 4.78 is 23.7. The van der Waals surface area contributed by atoms with Crippen LogP contribution >= 0.6 is 24.0 Å². The van der Waals surface area contributed by atoms with Crippen LogP contribution in [0.4, 0.5) is 0 Å². The smallest absolute Gasteiger partial charge is 0.191 e. The summed E-state index contributed by atoms with van der Waals surface area (Å²) in [6, 6.07) is 15.9. The number of hydrogen-bond acceptors (Lipinski definition) is 4. The summed E-state index contributed by atoms with van der Waals surface area (Å²) in [7, 11) is -0.943. The predicted molar refractivity (Wildman–Crippen MR) is 145 cm³/mol. The number of halogens is 1. The van der Waals surface area contributed by atoms with Crippen molar-refractivity contribution in [3.8, 4) is 11.5 Å². The third-order valence-electron chi connectivity index (χ3n) is 4.52. The summed E-state index contributed by atoms with van der Waals surface area (Å²) >= 11 is 0. The molecule has 2 rings (SSSR count). The Morgan fingerprint density at radius 2 is 1.72 bits per heavy atom. The Morgan fingerprint density at radius 3 is 2.38 bits per heavy atom. The van der Waals surface area contributed by atoms with Gasteiger partial charge in [0.15, 0.2) is 17.5 Å². The molecular formula is C24H36IN3O3S. The molecule has 32 heavy (non-hydrogen) atoms. The van der Waals surface area contributed by atoms with E-state index in [2.05, 4.69) is 22.5 Å². The van der Waals surface area contributed by atoms with Gasteiger partial charge in [-0.05, 0) is 51.0 Å². The van der Waals surface area contributed by atoms with Crippen LogP contribution in [0.3, 0.4) is 0 Å². The van der Waals surface area contributed by atoms with E-state index in [0.717, 1.165) is 29.2 Å². The zero-order chi connectivity index (χ0) is 22.5. The van der Waals surface area contributed by atoms with Crippen LogP contribution in [0.5, 0.6) is 11.5 Å². The first-order chi connectivity index (χ1) is 15.1. The average Bonchev–Trinajstić information content (AvgIpc) is 2.76. The minimum Gasteiger partial charge on any atom is -0.490 e. The maximum absolute atomic E-state index is 12.4. The van der Waals surface area contributed by atoms with E-state index in [9.17, 15) is 4.21 Å². The molecule has 0 fully saturated rings. The second kappa shape index (κ2) is 15.9. The molecule has 0 heterocycles. The van der Waals surface area contributed by atoms with Crippen molar-refractivity contribution in [2.45, 2.75) is 39.5 Å². The predicted octanol–water partition coefficient (Wildman–Crippen LogP) is 4.67. The number of nitrogens with one attached hydrogen (secondary N) is 2. The summed E-state index contributed by atoms with van der Waals surface area (Å²) in [6.07, 6.45) is 0. The van der Waals surface area contributed by atoms with Gasteiger partial charge in [0.2, 0.25) is 0 Å². The second-order valence-corrected chi connectivity index (χ2v) is 8.55. The first kappa shape index (κ1) is 28.2. The zero-order valence-electron chi connectivity index (χ0n) is 19.4. The van der Waals surface area contributed by atoms with Gasteiger partial charge in [-0.25, -0.2) is 0 Å². The molecule has 0 aliphatic heterocycles. The van der Waals surface area contributed by atoms with E-state index < -0.39 is 10.8 Å². The van der Waals surface area contributed by atoms with Gasteiger partial charge in [-0.15, -0.1) is 24.0 Å². The molecule has 2 N–H and O–H groups in total. The van der Waals surface area contributed by atoms with Gasteiger partial charge in [0.05, 0.1) is 25.8 Å². The van der Waals surface area contributed by atoms with E-state index in [1.165, 1.54) is 0 Å². The molecule has 2 atom stereocenters. The Bertz CT molecular complexity index is 850. The molecule has 2 unspecified atom stereocenters. The summed E-state index contributed by atoms with van der Waals surface area (Å²) in [5, 5.41) is 6.68. The van der Waals surface area contributed by atoms with Crippen molar-refractivity contribution in [1.82, 2.24) is 10.6 Å². The van der Waals surface area contributed by atoms with E-state index in [1.807, 2.05) is 69.3 Å². The van der Waals surface area contributed by atoms with Crippen LogP contribution in [0.25, 0.3) is 0 Å². The highest BCUT2D eigenvalue weighted by Crippen LogP contribution is 2.30. The average molecular weight is 574 g/mol. The van der Waals surface area contributed by atoms with Crippen LogP contribution in [0, 0.1) is 0 Å². The molecule has 0 aliphatic carbocycles. The normalized spacial score (nSPS) is 12.9. The fourth-order valence-electron chi connectivity index (χ4n) is 3.04. The Kier molecular flexibility index (Phi) is 14.0. The van der Waals surface area contributed by atoms with Crippen molar-refractivity contribution in [2.75, 3.05) is 32.1 Å². The lowest BCUT2D eigenvalue weighted by Gasteiger charge is -2.20. The number of rotatable bonds is 12. The second-order valence-electron chi connectivity index (χ2n) is 6.97. The fourth-order valence-corrected chi connectivity index (χ4v) is 4.04. The van der Waals surface area contributed by atoms with Crippen molar-refractivity contribution in [3.63, 3.8) is 0 Å². The van der Waals surface area contributed by atoms with Gasteiger partial charge in [-0.3, -0.25) is 9.20 Å². The molecular weight excluding hydrogens is 537 g/mol. The van der Waals surface area contributed by atoms with Crippen molar-refractivity contribution in [3.05, 3.63) is 59.7 Å². The lowest BCUT2D eigenvalue weighted by atomic mass is 10.1. The summed E-state index contributed by atoms with van der Waals surface area (Å²) in [5.41, 5.74) is 2.16. The molecule has 8 heteroatoms. The van der Waals surface area contributed by atoms with E-state index in [1.54, 1.807) is 0 Å². The van der Waals surface area contributed by atoms with Crippen LogP contribution in [0.1, 0.15) is 44.9 Å². The van der Waals surface area contributed by atoms with Crippen molar-refractivity contribution in [1.29, 1.82) is 0 Å². The van der Waals surface area contributed by atoms with Gasteiger partial charge in [0, 0.05) is 28.9 Å². The quantitative estimate of drug-likeness (QED) is 0.220. The lowest BCUT2D eigenvalue weighted by molar-refractivity contribution is 0.287. The number of guanidine groups is 1. The van der Waals surface area contributed by atoms with Crippen LogP contribution < -0.4 is 20.1 Å². The first-order valence-corrected chi connectivity index (χ1v) is 12.4. The van der Waals surface area contributed by atoms with Crippen LogP contribution in [-0.4, -0.2) is 42.2 Å². The van der Waals surface area contributed by atoms with E-state index in [0.29, 0.717) is 37.2 Å². The van der Waals surface area contributed by atoms with Gasteiger partial charge < -0.3 is 20.1 Å². The minimum absolute atomic E-state index is 0. The van der Waals surface area contributed by atoms with E-state index >= 15 is 0 Å². The Hall–Kier alpha value is -1.81. The molecule has 2 aromatic rings. The number of benzene rings is 2. The topological polar surface area (TPSA) is 72.0 Å². The molecule has 0 aromatic heterocycles. The van der Waals surface area contributed by atoms with Gasteiger partial charge in [0.25, 0.3) is 0 Å². The van der Waals surface area contributed by atoms with Crippen molar-refractivity contribution < 1.29 is 13.7 Å². The van der Waals surface area contributed by atoms with E-state index in [-0.39, 0.29) is 30.0 Å². The molecule has 0 bridgehead atoms. The molecule has 2 aromatic carbocycles. The van der Waals surface area contributed by atoms with Crippen LogP contribution in [0.15, 0.2) is 53.5 Å². The molecule has 0 aliphatic rings. The summed E-state index contributed by atoms with van der Waals surface area (Å²) in [4.78, 5) is 4.61. The van der Waals surface area contributed by atoms with Gasteiger partial charge in [-0.1, -0.05) is 36.4 Å². The highest BCUT2D eigenvalue weighted by atomic mass is 127. The largest absolute Gasteiger partial charge is 0.490 e. The summed E-state index contributed by atoms with van der Waals surface area (Å²) in [6.45, 7) is 10.4. The molecule has 178 valence electrons. The number of nitrogens with zero attached hydrogens (tertiary/aromatic N) is 1. The monoisotopic (exact) mass is 573 g/mol. The number of aliphatic imine (C=N–C) groups is 1. The van der Waals surface area contributed by atoms with Gasteiger partial charge in [0.1, 0.15) is 0 Å². The minimum atomic E-state index is -0.943. The van der Waals surface area contributed by atoms with Crippen LogP contribution in [0.2, 0.25) is 0 Å². The number of hydrogen-bond donors (Lipinski definition) is 2. The SMILES string of the molecule is CCNC(=NCCS(=O)Cc1ccccc1)NC(C)c1ccc(OCC)c(OCC)c1.I. The lowest BCUT2D eigenvalue weighted by Crippen LogP contribution is -2.39. The summed E-state index contributed by atoms with van der Waals surface area (Å²) in [5.74, 6) is 3.29. The van der Waals surface area contributed by atoms with Crippen LogP contribution in [-0.2, 0) is 16.6 Å². The molecule has 0 amide bonds. The maximum Gasteiger partial charge on any atom is 0.191 e. The molecule has 0 radical (unpaired) electrons. The Labute approximate surface area is 212 Å². The fraction of sp³-hybridized carbons (Fsp3) is 0.458. The molecule has 0 spiro atoms.